The zero-order valence-electron chi connectivity index (χ0n) is 18.2. The van der Waals surface area contributed by atoms with Gasteiger partial charge in [0.1, 0.15) is 12.1 Å². The minimum absolute atomic E-state index is 0.0674. The highest BCUT2D eigenvalue weighted by Gasteiger charge is 2.14. The second-order valence-corrected chi connectivity index (χ2v) is 7.72. The van der Waals surface area contributed by atoms with Crippen LogP contribution in [-0.2, 0) is 17.8 Å². The number of rotatable bonds is 7. The average Bonchev–Trinajstić information content (AvgIpc) is 3.38. The van der Waals surface area contributed by atoms with Crippen molar-refractivity contribution < 1.29 is 4.79 Å². The van der Waals surface area contributed by atoms with Crippen molar-refractivity contribution in [1.29, 1.82) is 0 Å². The smallest absolute Gasteiger partial charge is 0.252 e. The van der Waals surface area contributed by atoms with Gasteiger partial charge in [-0.25, -0.2) is 14.2 Å². The highest BCUT2D eigenvalue weighted by atomic mass is 16.1. The molecule has 4 rings (SSSR count). The number of nitrogens with zero attached hydrogens (tertiary/aromatic N) is 7. The summed E-state index contributed by atoms with van der Waals surface area (Å²) in [6.07, 6.45) is 4.10. The van der Waals surface area contributed by atoms with Crippen molar-refractivity contribution in [2.24, 2.45) is 0 Å². The van der Waals surface area contributed by atoms with Crippen LogP contribution < -0.4 is 10.2 Å². The second-order valence-electron chi connectivity index (χ2n) is 7.72. The lowest BCUT2D eigenvalue weighted by atomic mass is 10.1. The van der Waals surface area contributed by atoms with Crippen molar-refractivity contribution >= 4 is 23.2 Å². The number of nitrogens with one attached hydrogen (secondary N) is 1. The monoisotopic (exact) mass is 418 g/mol. The highest BCUT2D eigenvalue weighted by Crippen LogP contribution is 2.17. The van der Waals surface area contributed by atoms with Gasteiger partial charge in [0.15, 0.2) is 0 Å². The Bertz CT molecular complexity index is 1210. The maximum Gasteiger partial charge on any atom is 0.252 e. The summed E-state index contributed by atoms with van der Waals surface area (Å²) >= 11 is 0. The first-order chi connectivity index (χ1) is 14.9. The summed E-state index contributed by atoms with van der Waals surface area (Å²) in [4.78, 5) is 23.3. The van der Waals surface area contributed by atoms with E-state index in [1.54, 1.807) is 15.4 Å². The molecule has 3 heterocycles. The number of aryl methyl sites for hydroxylation is 2. The fraction of sp³-hybridized carbons (Fsp3) is 0.318. The van der Waals surface area contributed by atoms with Crippen LogP contribution in [0.25, 0.3) is 5.78 Å². The lowest BCUT2D eigenvalue weighted by molar-refractivity contribution is -0.116. The van der Waals surface area contributed by atoms with Crippen LogP contribution in [0.3, 0.4) is 0 Å². The summed E-state index contributed by atoms with van der Waals surface area (Å²) in [5.74, 6) is 1.19. The van der Waals surface area contributed by atoms with E-state index in [1.807, 2.05) is 34.0 Å². The van der Waals surface area contributed by atoms with Crippen molar-refractivity contribution in [1.82, 2.24) is 29.4 Å². The van der Waals surface area contributed by atoms with Gasteiger partial charge in [-0.3, -0.25) is 4.79 Å². The van der Waals surface area contributed by atoms with Crippen molar-refractivity contribution in [3.8, 4) is 0 Å². The molecule has 0 saturated carbocycles. The number of carbonyl (C=O) groups is 1. The number of carbonyl (C=O) groups excluding carboxylic acids is 1. The molecule has 31 heavy (non-hydrogen) atoms. The third-order valence-corrected chi connectivity index (χ3v) is 5.36. The number of hydrogen-bond donors (Lipinski definition) is 1. The molecule has 1 N–H and O–H groups in total. The molecule has 1 amide bonds. The van der Waals surface area contributed by atoms with E-state index in [-0.39, 0.29) is 5.91 Å². The Labute approximate surface area is 180 Å². The zero-order valence-corrected chi connectivity index (χ0v) is 18.2. The van der Waals surface area contributed by atoms with Gasteiger partial charge in [-0.15, -0.1) is 0 Å². The SMILES string of the molecule is Cc1nc2ncnn2c(C)c1CCC(=O)Nc1ccnn1Cc1ccc(N(C)C)cc1. The Hall–Kier alpha value is -3.75. The van der Waals surface area contributed by atoms with E-state index in [4.69, 9.17) is 0 Å². The lowest BCUT2D eigenvalue weighted by Gasteiger charge is -2.14. The van der Waals surface area contributed by atoms with E-state index in [0.29, 0.717) is 31.0 Å². The maximum atomic E-state index is 12.6. The van der Waals surface area contributed by atoms with Gasteiger partial charge in [0.2, 0.25) is 5.91 Å². The summed E-state index contributed by atoms with van der Waals surface area (Å²) in [7, 11) is 4.03. The summed E-state index contributed by atoms with van der Waals surface area (Å²) in [5.41, 5.74) is 5.10. The first-order valence-electron chi connectivity index (χ1n) is 10.2. The molecule has 160 valence electrons. The summed E-state index contributed by atoms with van der Waals surface area (Å²) in [5, 5.41) is 11.5. The molecule has 0 aliphatic carbocycles. The Kier molecular flexibility index (Phi) is 5.66. The molecule has 0 spiro atoms. The molecule has 0 bridgehead atoms. The number of amides is 1. The number of benzene rings is 1. The molecule has 0 aliphatic heterocycles. The van der Waals surface area contributed by atoms with E-state index in [9.17, 15) is 4.79 Å². The van der Waals surface area contributed by atoms with E-state index < -0.39 is 0 Å². The number of fused-ring (bicyclic) bond motifs is 1. The van der Waals surface area contributed by atoms with Gasteiger partial charge in [0.25, 0.3) is 5.78 Å². The van der Waals surface area contributed by atoms with Crippen molar-refractivity contribution in [2.45, 2.75) is 33.2 Å². The number of anilines is 2. The predicted octanol–water partition coefficient (Wildman–Crippen LogP) is 2.62. The Morgan fingerprint density at radius 2 is 1.87 bits per heavy atom. The molecule has 3 aromatic heterocycles. The number of hydrogen-bond acceptors (Lipinski definition) is 6. The average molecular weight is 419 g/mol. The molecule has 0 fully saturated rings. The molecule has 1 aromatic carbocycles. The first-order valence-corrected chi connectivity index (χ1v) is 10.2. The first kappa shape index (κ1) is 20.5. The van der Waals surface area contributed by atoms with Gasteiger partial charge in [-0.2, -0.15) is 15.2 Å². The third kappa shape index (κ3) is 4.40. The Morgan fingerprint density at radius 1 is 1.10 bits per heavy atom. The molecule has 9 heteroatoms. The second kappa shape index (κ2) is 8.55. The summed E-state index contributed by atoms with van der Waals surface area (Å²) < 4.78 is 3.50. The third-order valence-electron chi connectivity index (χ3n) is 5.36. The van der Waals surface area contributed by atoms with E-state index in [1.165, 1.54) is 6.33 Å². The molecular weight excluding hydrogens is 392 g/mol. The van der Waals surface area contributed by atoms with Gasteiger partial charge >= 0.3 is 0 Å². The van der Waals surface area contributed by atoms with Gasteiger partial charge in [-0.1, -0.05) is 12.1 Å². The van der Waals surface area contributed by atoms with Crippen LogP contribution in [0.5, 0.6) is 0 Å². The topological polar surface area (TPSA) is 93.2 Å². The molecule has 0 saturated heterocycles. The molecule has 9 nitrogen and oxygen atoms in total. The van der Waals surface area contributed by atoms with E-state index in [0.717, 1.165) is 28.2 Å². The van der Waals surface area contributed by atoms with Gasteiger partial charge < -0.3 is 10.2 Å². The maximum absolute atomic E-state index is 12.6. The van der Waals surface area contributed by atoms with Crippen LogP contribution in [0.4, 0.5) is 11.5 Å². The van der Waals surface area contributed by atoms with Crippen LogP contribution in [0.1, 0.15) is 28.9 Å². The molecule has 0 atom stereocenters. The molecule has 0 unspecified atom stereocenters. The van der Waals surface area contributed by atoms with E-state index in [2.05, 4.69) is 54.6 Å². The molecule has 4 aromatic rings. The quantitative estimate of drug-likeness (QED) is 0.496. The fourth-order valence-corrected chi connectivity index (χ4v) is 3.60. The van der Waals surface area contributed by atoms with Crippen LogP contribution in [-0.4, -0.2) is 49.4 Å². The largest absolute Gasteiger partial charge is 0.378 e. The normalized spacial score (nSPS) is 11.1. The lowest BCUT2D eigenvalue weighted by Crippen LogP contribution is -2.17. The highest BCUT2D eigenvalue weighted by molar-refractivity contribution is 5.90. The van der Waals surface area contributed by atoms with Gasteiger partial charge in [0.05, 0.1) is 12.7 Å². The predicted molar refractivity (Wildman–Crippen MR) is 119 cm³/mol. The van der Waals surface area contributed by atoms with Crippen molar-refractivity contribution in [2.75, 3.05) is 24.3 Å². The minimum Gasteiger partial charge on any atom is -0.378 e. The van der Waals surface area contributed by atoms with Crippen LogP contribution in [0.2, 0.25) is 0 Å². The van der Waals surface area contributed by atoms with E-state index >= 15 is 0 Å². The van der Waals surface area contributed by atoms with Crippen LogP contribution in [0, 0.1) is 13.8 Å². The van der Waals surface area contributed by atoms with Crippen LogP contribution >= 0.6 is 0 Å². The summed E-state index contributed by atoms with van der Waals surface area (Å²) in [6, 6.07) is 10.1. The summed E-state index contributed by atoms with van der Waals surface area (Å²) in [6.45, 7) is 4.49. The fourth-order valence-electron chi connectivity index (χ4n) is 3.60. The Morgan fingerprint density at radius 3 is 2.61 bits per heavy atom. The molecule has 0 radical (unpaired) electrons. The number of aromatic nitrogens is 6. The minimum atomic E-state index is -0.0674. The Balaban J connectivity index is 1.40. The standard InChI is InChI=1S/C22H26N8O/c1-15-19(16(2)30-22(26-15)23-14-25-30)9-10-21(31)27-20-11-12-24-29(20)13-17-5-7-18(8-6-17)28(3)4/h5-8,11-12,14H,9-10,13H2,1-4H3,(H,27,31). The van der Waals surface area contributed by atoms with Gasteiger partial charge in [-0.05, 0) is 43.5 Å². The van der Waals surface area contributed by atoms with Gasteiger partial charge in [0, 0.05) is 43.7 Å². The van der Waals surface area contributed by atoms with Crippen LogP contribution in [0.15, 0.2) is 42.9 Å². The zero-order chi connectivity index (χ0) is 22.0. The van der Waals surface area contributed by atoms with Crippen molar-refractivity contribution in [3.05, 3.63) is 65.4 Å². The molecular formula is C22H26N8O. The molecule has 0 aliphatic rings. The van der Waals surface area contributed by atoms with Crippen molar-refractivity contribution in [3.63, 3.8) is 0 Å².